The van der Waals surface area contributed by atoms with E-state index in [-0.39, 0.29) is 0 Å². The average Bonchev–Trinajstić information content (AvgIpc) is 3.36. The van der Waals surface area contributed by atoms with Crippen LogP contribution in [0.25, 0.3) is 0 Å². The Balaban J connectivity index is 1.52. The zero-order valence-electron chi connectivity index (χ0n) is 15.9. The zero-order chi connectivity index (χ0) is 18.2. The first kappa shape index (κ1) is 18.8. The highest BCUT2D eigenvalue weighted by Gasteiger charge is 2.22. The van der Waals surface area contributed by atoms with E-state index in [0.29, 0.717) is 5.92 Å². The number of rotatable bonds is 7. The van der Waals surface area contributed by atoms with Gasteiger partial charge >= 0.3 is 0 Å². The number of benzene rings is 1. The van der Waals surface area contributed by atoms with E-state index in [0.717, 1.165) is 45.1 Å². The summed E-state index contributed by atoms with van der Waals surface area (Å²) in [6.07, 6.45) is 2.29. The molecule has 0 spiro atoms. The number of nitrogens with zero attached hydrogens (tertiary/aromatic N) is 3. The average molecular weight is 371 g/mol. The Bertz CT molecular complexity index is 669. The van der Waals surface area contributed by atoms with Gasteiger partial charge in [0.25, 0.3) is 0 Å². The van der Waals surface area contributed by atoms with Crippen molar-refractivity contribution in [3.05, 3.63) is 52.7 Å². The summed E-state index contributed by atoms with van der Waals surface area (Å²) in [5.41, 5.74) is 1.33. The van der Waals surface area contributed by atoms with Gasteiger partial charge in [-0.05, 0) is 49.3 Å². The third-order valence-electron chi connectivity index (χ3n) is 4.88. The van der Waals surface area contributed by atoms with Crippen molar-refractivity contribution in [2.24, 2.45) is 10.9 Å². The first-order chi connectivity index (χ1) is 12.8. The van der Waals surface area contributed by atoms with Crippen LogP contribution in [0.15, 0.2) is 52.8 Å². The lowest BCUT2D eigenvalue weighted by Gasteiger charge is -2.22. The maximum Gasteiger partial charge on any atom is 0.193 e. The summed E-state index contributed by atoms with van der Waals surface area (Å²) >= 11 is 1.83. The first-order valence-corrected chi connectivity index (χ1v) is 10.5. The smallest absolute Gasteiger partial charge is 0.193 e. The SMILES string of the molecule is CCNC(=NCC1CCN(c2ccccc2)C1)N(C)CCc1cccs1. The molecule has 1 unspecified atom stereocenters. The second kappa shape index (κ2) is 9.62. The van der Waals surface area contributed by atoms with Crippen LogP contribution in [0.2, 0.25) is 0 Å². The highest BCUT2D eigenvalue weighted by molar-refractivity contribution is 7.09. The quantitative estimate of drug-likeness (QED) is 0.595. The Morgan fingerprint density at radius 1 is 1.27 bits per heavy atom. The van der Waals surface area contributed by atoms with Crippen LogP contribution in [0.3, 0.4) is 0 Å². The minimum absolute atomic E-state index is 0.634. The molecule has 1 atom stereocenters. The molecule has 0 amide bonds. The molecule has 1 aliphatic heterocycles. The van der Waals surface area contributed by atoms with Crippen molar-refractivity contribution in [2.45, 2.75) is 19.8 Å². The molecular weight excluding hydrogens is 340 g/mol. The van der Waals surface area contributed by atoms with Gasteiger partial charge < -0.3 is 15.1 Å². The minimum Gasteiger partial charge on any atom is -0.371 e. The van der Waals surface area contributed by atoms with E-state index in [2.05, 4.69) is 76.9 Å². The Morgan fingerprint density at radius 3 is 2.85 bits per heavy atom. The van der Waals surface area contributed by atoms with Gasteiger partial charge in [-0.2, -0.15) is 0 Å². The molecule has 1 saturated heterocycles. The standard InChI is InChI=1S/C21H30N4S/c1-3-22-21(24(2)13-12-20-10-7-15-26-20)23-16-18-11-14-25(17-18)19-8-5-4-6-9-19/h4-10,15,18H,3,11-14,16-17H2,1-2H3,(H,22,23). The fourth-order valence-corrected chi connectivity index (χ4v) is 4.08. The Kier molecular flexibility index (Phi) is 6.95. The number of thiophene rings is 1. The van der Waals surface area contributed by atoms with E-state index in [9.17, 15) is 0 Å². The Morgan fingerprint density at radius 2 is 2.12 bits per heavy atom. The van der Waals surface area contributed by atoms with Gasteiger partial charge in [-0.15, -0.1) is 11.3 Å². The lowest BCUT2D eigenvalue weighted by molar-refractivity contribution is 0.481. The second-order valence-electron chi connectivity index (χ2n) is 6.88. The van der Waals surface area contributed by atoms with Crippen LogP contribution in [0.1, 0.15) is 18.2 Å². The molecule has 1 aromatic heterocycles. The maximum absolute atomic E-state index is 4.93. The number of aliphatic imine (C=N–C) groups is 1. The molecule has 1 fully saturated rings. The number of nitrogens with one attached hydrogen (secondary N) is 1. The zero-order valence-corrected chi connectivity index (χ0v) is 16.7. The topological polar surface area (TPSA) is 30.9 Å². The normalized spacial score (nSPS) is 17.5. The first-order valence-electron chi connectivity index (χ1n) is 9.58. The van der Waals surface area contributed by atoms with E-state index >= 15 is 0 Å². The summed E-state index contributed by atoms with van der Waals surface area (Å²) in [6, 6.07) is 15.1. The van der Waals surface area contributed by atoms with E-state index < -0.39 is 0 Å². The Hall–Kier alpha value is -2.01. The van der Waals surface area contributed by atoms with Crippen LogP contribution in [-0.2, 0) is 6.42 Å². The predicted octanol–water partition coefficient (Wildman–Crippen LogP) is 3.71. The van der Waals surface area contributed by atoms with Crippen molar-refractivity contribution >= 4 is 23.0 Å². The second-order valence-corrected chi connectivity index (χ2v) is 7.91. The van der Waals surface area contributed by atoms with Gasteiger partial charge in [0.15, 0.2) is 5.96 Å². The molecule has 140 valence electrons. The molecule has 3 rings (SSSR count). The van der Waals surface area contributed by atoms with Crippen LogP contribution in [0.4, 0.5) is 5.69 Å². The molecule has 5 heteroatoms. The summed E-state index contributed by atoms with van der Waals surface area (Å²) in [7, 11) is 2.14. The van der Waals surface area contributed by atoms with E-state index in [1.807, 2.05) is 11.3 Å². The van der Waals surface area contributed by atoms with Gasteiger partial charge in [0.1, 0.15) is 0 Å². The molecule has 0 saturated carbocycles. The lowest BCUT2D eigenvalue weighted by atomic mass is 10.1. The number of hydrogen-bond donors (Lipinski definition) is 1. The highest BCUT2D eigenvalue weighted by atomic mass is 32.1. The summed E-state index contributed by atoms with van der Waals surface area (Å²) in [5.74, 6) is 1.66. The van der Waals surface area contributed by atoms with Crippen molar-refractivity contribution in [3.63, 3.8) is 0 Å². The number of anilines is 1. The lowest BCUT2D eigenvalue weighted by Crippen LogP contribution is -2.40. The van der Waals surface area contributed by atoms with Crippen LogP contribution in [0, 0.1) is 5.92 Å². The third-order valence-corrected chi connectivity index (χ3v) is 5.81. The van der Waals surface area contributed by atoms with Crippen LogP contribution in [0.5, 0.6) is 0 Å². The number of guanidine groups is 1. The third kappa shape index (κ3) is 5.24. The van der Waals surface area contributed by atoms with E-state index in [1.165, 1.54) is 17.0 Å². The van der Waals surface area contributed by atoms with E-state index in [4.69, 9.17) is 4.99 Å². The van der Waals surface area contributed by atoms with Gasteiger partial charge in [0, 0.05) is 50.3 Å². The molecule has 0 bridgehead atoms. The summed E-state index contributed by atoms with van der Waals surface area (Å²) in [6.45, 7) is 7.17. The highest BCUT2D eigenvalue weighted by Crippen LogP contribution is 2.23. The van der Waals surface area contributed by atoms with Crippen LogP contribution < -0.4 is 10.2 Å². The fraction of sp³-hybridized carbons (Fsp3) is 0.476. The molecule has 4 nitrogen and oxygen atoms in total. The van der Waals surface area contributed by atoms with Crippen molar-refractivity contribution in [1.29, 1.82) is 0 Å². The molecule has 1 aliphatic rings. The molecule has 1 aromatic carbocycles. The summed E-state index contributed by atoms with van der Waals surface area (Å²) in [4.78, 5) is 11.1. The number of para-hydroxylation sites is 1. The van der Waals surface area contributed by atoms with Crippen LogP contribution in [-0.4, -0.2) is 50.6 Å². The van der Waals surface area contributed by atoms with Crippen molar-refractivity contribution < 1.29 is 0 Å². The molecule has 0 radical (unpaired) electrons. The number of hydrogen-bond acceptors (Lipinski definition) is 3. The van der Waals surface area contributed by atoms with Gasteiger partial charge in [0.2, 0.25) is 0 Å². The largest absolute Gasteiger partial charge is 0.371 e. The molecule has 2 heterocycles. The molecule has 1 N–H and O–H groups in total. The van der Waals surface area contributed by atoms with Gasteiger partial charge in [-0.3, -0.25) is 4.99 Å². The van der Waals surface area contributed by atoms with Crippen molar-refractivity contribution in [2.75, 3.05) is 44.7 Å². The van der Waals surface area contributed by atoms with Gasteiger partial charge in [-0.25, -0.2) is 0 Å². The monoisotopic (exact) mass is 370 g/mol. The van der Waals surface area contributed by atoms with Gasteiger partial charge in [0.05, 0.1) is 0 Å². The van der Waals surface area contributed by atoms with Gasteiger partial charge in [-0.1, -0.05) is 24.3 Å². The molecule has 0 aliphatic carbocycles. The minimum atomic E-state index is 0.634. The maximum atomic E-state index is 4.93. The molecule has 2 aromatic rings. The number of likely N-dealkylation sites (N-methyl/N-ethyl adjacent to an activating group) is 1. The van der Waals surface area contributed by atoms with E-state index in [1.54, 1.807) is 0 Å². The van der Waals surface area contributed by atoms with Crippen molar-refractivity contribution in [3.8, 4) is 0 Å². The summed E-state index contributed by atoms with van der Waals surface area (Å²) in [5, 5.41) is 5.59. The molecule has 26 heavy (non-hydrogen) atoms. The Labute approximate surface area is 161 Å². The summed E-state index contributed by atoms with van der Waals surface area (Å²) < 4.78 is 0. The van der Waals surface area contributed by atoms with Crippen molar-refractivity contribution in [1.82, 2.24) is 10.2 Å². The fourth-order valence-electron chi connectivity index (χ4n) is 3.38. The van der Waals surface area contributed by atoms with Crippen LogP contribution >= 0.6 is 11.3 Å². The molecular formula is C21H30N4S. The predicted molar refractivity (Wildman–Crippen MR) is 113 cm³/mol.